The van der Waals surface area contributed by atoms with E-state index in [1.807, 2.05) is 6.08 Å². The molecule has 0 fully saturated rings. The lowest BCUT2D eigenvalue weighted by atomic mass is 9.90. The Kier molecular flexibility index (Phi) is 2.69. The molecule has 0 heterocycles. The van der Waals surface area contributed by atoms with Crippen LogP contribution in [-0.4, -0.2) is 11.2 Å². The van der Waals surface area contributed by atoms with Crippen LogP contribution in [0.15, 0.2) is 24.8 Å². The van der Waals surface area contributed by atoms with Crippen molar-refractivity contribution in [1.29, 1.82) is 0 Å². The summed E-state index contributed by atoms with van der Waals surface area (Å²) in [7, 11) is 0. The van der Waals surface area contributed by atoms with Gasteiger partial charge in [-0.2, -0.15) is 0 Å². The van der Waals surface area contributed by atoms with Gasteiger partial charge in [0.25, 0.3) is 0 Å². The van der Waals surface area contributed by atoms with Gasteiger partial charge in [-0.1, -0.05) is 18.2 Å². The van der Waals surface area contributed by atoms with Gasteiger partial charge in [0.15, 0.2) is 0 Å². The average Bonchev–Trinajstić information content (AvgIpc) is 1.94. The third-order valence-electron chi connectivity index (χ3n) is 1.95. The van der Waals surface area contributed by atoms with Gasteiger partial charge in [0.05, 0.1) is 6.10 Å². The maximum Gasteiger partial charge on any atom is 0.0608 e. The van der Waals surface area contributed by atoms with Gasteiger partial charge in [-0.3, -0.25) is 0 Å². The summed E-state index contributed by atoms with van der Waals surface area (Å²) < 4.78 is 0. The molecule has 1 heteroatoms. The molecule has 0 aromatic carbocycles. The normalized spacial score (nSPS) is 32.1. The number of hydrogen-bond donors (Lipinski definition) is 1. The number of aliphatic hydroxyl groups excluding tert-OH is 1. The smallest absolute Gasteiger partial charge is 0.0608 e. The summed E-state index contributed by atoms with van der Waals surface area (Å²) in [4.78, 5) is 0. The summed E-state index contributed by atoms with van der Waals surface area (Å²) in [6.45, 7) is 3.64. The standard InChI is InChI=1S/C9H14O/c1-2-5-8-6-3-4-7-9(8)10/h2-3,6,8-10H,1,4-5,7H2/t8-,9-/m0/s1. The first-order chi connectivity index (χ1) is 4.84. The quantitative estimate of drug-likeness (QED) is 0.578. The van der Waals surface area contributed by atoms with Gasteiger partial charge in [0.2, 0.25) is 0 Å². The molecule has 0 aromatic rings. The monoisotopic (exact) mass is 138 g/mol. The molecule has 0 bridgehead atoms. The van der Waals surface area contributed by atoms with Crippen molar-refractivity contribution in [2.45, 2.75) is 25.4 Å². The van der Waals surface area contributed by atoms with Crippen molar-refractivity contribution in [3.05, 3.63) is 24.8 Å². The van der Waals surface area contributed by atoms with Crippen LogP contribution in [0.4, 0.5) is 0 Å². The number of rotatable bonds is 2. The van der Waals surface area contributed by atoms with Crippen LogP contribution in [-0.2, 0) is 0 Å². The largest absolute Gasteiger partial charge is 0.392 e. The lowest BCUT2D eigenvalue weighted by Gasteiger charge is -2.21. The summed E-state index contributed by atoms with van der Waals surface area (Å²) in [5, 5.41) is 9.40. The molecule has 1 N–H and O–H groups in total. The van der Waals surface area contributed by atoms with Crippen molar-refractivity contribution in [3.63, 3.8) is 0 Å². The summed E-state index contributed by atoms with van der Waals surface area (Å²) >= 11 is 0. The van der Waals surface area contributed by atoms with Crippen LogP contribution in [0.1, 0.15) is 19.3 Å². The predicted octanol–water partition coefficient (Wildman–Crippen LogP) is 1.89. The van der Waals surface area contributed by atoms with Gasteiger partial charge >= 0.3 is 0 Å². The lowest BCUT2D eigenvalue weighted by Crippen LogP contribution is -2.20. The van der Waals surface area contributed by atoms with E-state index in [1.165, 1.54) is 0 Å². The molecule has 1 aliphatic carbocycles. The Balaban J connectivity index is 2.46. The number of aliphatic hydroxyl groups is 1. The molecule has 0 radical (unpaired) electrons. The molecule has 0 aromatic heterocycles. The third kappa shape index (κ3) is 1.71. The fourth-order valence-electron chi connectivity index (χ4n) is 1.31. The van der Waals surface area contributed by atoms with E-state index < -0.39 is 0 Å². The molecule has 1 aliphatic rings. The van der Waals surface area contributed by atoms with Gasteiger partial charge in [0, 0.05) is 5.92 Å². The van der Waals surface area contributed by atoms with Crippen molar-refractivity contribution in [2.75, 3.05) is 0 Å². The van der Waals surface area contributed by atoms with E-state index in [0.717, 1.165) is 19.3 Å². The van der Waals surface area contributed by atoms with E-state index in [1.54, 1.807) is 0 Å². The highest BCUT2D eigenvalue weighted by Crippen LogP contribution is 2.20. The van der Waals surface area contributed by atoms with E-state index >= 15 is 0 Å². The fourth-order valence-corrected chi connectivity index (χ4v) is 1.31. The van der Waals surface area contributed by atoms with Crippen LogP contribution in [0.5, 0.6) is 0 Å². The van der Waals surface area contributed by atoms with Gasteiger partial charge in [-0.05, 0) is 19.3 Å². The number of allylic oxidation sites excluding steroid dienone is 2. The van der Waals surface area contributed by atoms with Gasteiger partial charge in [-0.25, -0.2) is 0 Å². The average molecular weight is 138 g/mol. The van der Waals surface area contributed by atoms with Crippen molar-refractivity contribution in [3.8, 4) is 0 Å². The Morgan fingerprint density at radius 1 is 1.70 bits per heavy atom. The van der Waals surface area contributed by atoms with Crippen molar-refractivity contribution in [2.24, 2.45) is 5.92 Å². The third-order valence-corrected chi connectivity index (χ3v) is 1.95. The Hall–Kier alpha value is -0.560. The minimum absolute atomic E-state index is 0.136. The van der Waals surface area contributed by atoms with Crippen molar-refractivity contribution >= 4 is 0 Å². The number of hydrogen-bond acceptors (Lipinski definition) is 1. The molecule has 0 spiro atoms. The fraction of sp³-hybridized carbons (Fsp3) is 0.556. The van der Waals surface area contributed by atoms with Crippen LogP contribution in [0.25, 0.3) is 0 Å². The molecule has 1 rings (SSSR count). The topological polar surface area (TPSA) is 20.2 Å². The zero-order valence-corrected chi connectivity index (χ0v) is 6.16. The highest BCUT2D eigenvalue weighted by molar-refractivity contribution is 4.99. The first kappa shape index (κ1) is 7.55. The second kappa shape index (κ2) is 3.57. The summed E-state index contributed by atoms with van der Waals surface area (Å²) in [5.74, 6) is 0.325. The summed E-state index contributed by atoms with van der Waals surface area (Å²) in [6.07, 6.45) is 8.80. The molecule has 1 nitrogen and oxygen atoms in total. The Labute approximate surface area is 62.1 Å². The molecule has 0 saturated heterocycles. The van der Waals surface area contributed by atoms with Crippen molar-refractivity contribution < 1.29 is 5.11 Å². The minimum atomic E-state index is -0.136. The molecule has 0 aliphatic heterocycles. The molecule has 0 unspecified atom stereocenters. The van der Waals surface area contributed by atoms with Crippen LogP contribution >= 0.6 is 0 Å². The second-order valence-electron chi connectivity index (χ2n) is 2.76. The zero-order chi connectivity index (χ0) is 7.40. The summed E-state index contributed by atoms with van der Waals surface area (Å²) in [6, 6.07) is 0. The van der Waals surface area contributed by atoms with Crippen LogP contribution in [0.3, 0.4) is 0 Å². The lowest BCUT2D eigenvalue weighted by molar-refractivity contribution is 0.117. The minimum Gasteiger partial charge on any atom is -0.392 e. The highest BCUT2D eigenvalue weighted by atomic mass is 16.3. The van der Waals surface area contributed by atoms with Gasteiger partial charge in [0.1, 0.15) is 0 Å². The predicted molar refractivity (Wildman–Crippen MR) is 42.7 cm³/mol. The molecule has 0 saturated carbocycles. The van der Waals surface area contributed by atoms with Crippen LogP contribution < -0.4 is 0 Å². The first-order valence-corrected chi connectivity index (χ1v) is 3.80. The van der Waals surface area contributed by atoms with E-state index in [-0.39, 0.29) is 6.10 Å². The molecular weight excluding hydrogens is 124 g/mol. The van der Waals surface area contributed by atoms with E-state index in [4.69, 9.17) is 0 Å². The zero-order valence-electron chi connectivity index (χ0n) is 6.16. The Morgan fingerprint density at radius 3 is 3.10 bits per heavy atom. The Bertz CT molecular complexity index is 138. The van der Waals surface area contributed by atoms with E-state index in [2.05, 4.69) is 18.7 Å². The van der Waals surface area contributed by atoms with Crippen molar-refractivity contribution in [1.82, 2.24) is 0 Å². The second-order valence-corrected chi connectivity index (χ2v) is 2.76. The molecule has 2 atom stereocenters. The molecule has 10 heavy (non-hydrogen) atoms. The van der Waals surface area contributed by atoms with E-state index in [9.17, 15) is 5.11 Å². The highest BCUT2D eigenvalue weighted by Gasteiger charge is 2.16. The van der Waals surface area contributed by atoms with Crippen LogP contribution in [0, 0.1) is 5.92 Å². The van der Waals surface area contributed by atoms with Crippen LogP contribution in [0.2, 0.25) is 0 Å². The first-order valence-electron chi connectivity index (χ1n) is 3.80. The SMILES string of the molecule is C=CC[C@H]1C=CCC[C@@H]1O. The van der Waals surface area contributed by atoms with E-state index in [0.29, 0.717) is 5.92 Å². The summed E-state index contributed by atoms with van der Waals surface area (Å²) in [5.41, 5.74) is 0. The maximum atomic E-state index is 9.40. The maximum absolute atomic E-state index is 9.40. The van der Waals surface area contributed by atoms with Gasteiger partial charge in [-0.15, -0.1) is 6.58 Å². The molecule has 56 valence electrons. The molecule has 0 amide bonds. The Morgan fingerprint density at radius 2 is 2.50 bits per heavy atom. The molecular formula is C9H14O. The van der Waals surface area contributed by atoms with Gasteiger partial charge < -0.3 is 5.11 Å².